The lowest BCUT2D eigenvalue weighted by Crippen LogP contribution is -1.76. The van der Waals surface area contributed by atoms with Crippen LogP contribution in [-0.2, 0) is 0 Å². The minimum atomic E-state index is 1.22. The molecule has 0 amide bonds. The van der Waals surface area contributed by atoms with Gasteiger partial charge in [-0.2, -0.15) is 0 Å². The highest BCUT2D eigenvalue weighted by molar-refractivity contribution is 14.1. The van der Waals surface area contributed by atoms with Gasteiger partial charge in [0.15, 0.2) is 0 Å². The molecule has 0 N–H and O–H groups in total. The van der Waals surface area contributed by atoms with Crippen LogP contribution in [-0.4, -0.2) is 0 Å². The molecule has 3 heteroatoms. The van der Waals surface area contributed by atoms with Crippen molar-refractivity contribution >= 4 is 59.9 Å². The summed E-state index contributed by atoms with van der Waals surface area (Å²) < 4.78 is 3.95. The zero-order chi connectivity index (χ0) is 8.72. The first-order valence-corrected chi connectivity index (χ1v) is 6.27. The number of thiophene rings is 1. The van der Waals surface area contributed by atoms with Crippen LogP contribution in [0.1, 0.15) is 5.56 Å². The van der Waals surface area contributed by atoms with E-state index in [0.717, 1.165) is 0 Å². The molecule has 1 heterocycles. The van der Waals surface area contributed by atoms with Crippen LogP contribution in [0.5, 0.6) is 0 Å². The Hall–Kier alpha value is 0.390. The van der Waals surface area contributed by atoms with Crippen LogP contribution < -0.4 is 0 Å². The van der Waals surface area contributed by atoms with Crippen molar-refractivity contribution in [1.29, 1.82) is 0 Å². The second kappa shape index (κ2) is 3.27. The average molecular weight is 353 g/mol. The summed E-state index contributed by atoms with van der Waals surface area (Å²) in [6, 6.07) is 4.34. The summed E-state index contributed by atoms with van der Waals surface area (Å²) in [4.78, 5) is 0. The molecule has 0 unspecified atom stereocenters. The molecule has 62 valence electrons. The maximum atomic E-state index is 3.56. The summed E-state index contributed by atoms with van der Waals surface area (Å²) in [5.41, 5.74) is 1.35. The lowest BCUT2D eigenvalue weighted by Gasteiger charge is -1.98. The van der Waals surface area contributed by atoms with Crippen molar-refractivity contribution in [2.75, 3.05) is 0 Å². The van der Waals surface area contributed by atoms with Crippen molar-refractivity contribution in [3.05, 3.63) is 31.1 Å². The van der Waals surface area contributed by atoms with Crippen LogP contribution in [0.15, 0.2) is 22.0 Å². The van der Waals surface area contributed by atoms with E-state index in [9.17, 15) is 0 Å². The number of rotatable bonds is 0. The Bertz CT molecular complexity index is 433. The fourth-order valence-electron chi connectivity index (χ4n) is 1.24. The zero-order valence-corrected chi connectivity index (χ0v) is 11.0. The molecule has 0 spiro atoms. The van der Waals surface area contributed by atoms with Gasteiger partial charge >= 0.3 is 0 Å². The molecule has 2 aromatic rings. The molecule has 0 saturated carbocycles. The van der Waals surface area contributed by atoms with E-state index >= 15 is 0 Å². The van der Waals surface area contributed by atoms with Crippen molar-refractivity contribution in [1.82, 2.24) is 0 Å². The molecule has 2 rings (SSSR count). The maximum Gasteiger partial charge on any atom is 0.0490 e. The Morgan fingerprint density at radius 1 is 1.42 bits per heavy atom. The smallest absolute Gasteiger partial charge is 0.0490 e. The molecule has 0 bridgehead atoms. The molecule has 0 fully saturated rings. The lowest BCUT2D eigenvalue weighted by atomic mass is 10.2. The Morgan fingerprint density at radius 2 is 2.17 bits per heavy atom. The largest absolute Gasteiger partial charge is 0.141 e. The second-order valence-corrected chi connectivity index (χ2v) is 5.55. The number of halogens is 2. The number of fused-ring (bicyclic) bond motifs is 1. The lowest BCUT2D eigenvalue weighted by molar-refractivity contribution is 1.53. The molecule has 1 aromatic carbocycles. The highest BCUT2D eigenvalue weighted by atomic mass is 127. The minimum absolute atomic E-state index is 1.22. The van der Waals surface area contributed by atoms with E-state index in [4.69, 9.17) is 0 Å². The third-order valence-corrected chi connectivity index (χ3v) is 5.04. The number of aryl methyl sites for hydroxylation is 1. The summed E-state index contributed by atoms with van der Waals surface area (Å²) in [5, 5.41) is 3.52. The number of hydrogen-bond acceptors (Lipinski definition) is 1. The van der Waals surface area contributed by atoms with Crippen LogP contribution in [0.2, 0.25) is 0 Å². The normalized spacial score (nSPS) is 10.9. The Labute approximate surface area is 97.2 Å². The maximum absolute atomic E-state index is 3.56. The van der Waals surface area contributed by atoms with Gasteiger partial charge in [-0.3, -0.25) is 0 Å². The van der Waals surface area contributed by atoms with Crippen molar-refractivity contribution < 1.29 is 0 Å². The summed E-state index contributed by atoms with van der Waals surface area (Å²) in [6.45, 7) is 2.15. The van der Waals surface area contributed by atoms with Gasteiger partial charge < -0.3 is 0 Å². The Morgan fingerprint density at radius 3 is 2.83 bits per heavy atom. The molecular formula is C9H6BrIS. The molecule has 0 saturated heterocycles. The second-order valence-electron chi connectivity index (χ2n) is 2.65. The number of benzene rings is 1. The topological polar surface area (TPSA) is 0 Å². The SMILES string of the molecule is Cc1ccc(I)c2scc(Br)c12. The van der Waals surface area contributed by atoms with Gasteiger partial charge in [0.2, 0.25) is 0 Å². The molecule has 0 aliphatic heterocycles. The molecular weight excluding hydrogens is 347 g/mol. The van der Waals surface area contributed by atoms with Crippen LogP contribution in [0.3, 0.4) is 0 Å². The third kappa shape index (κ3) is 1.32. The van der Waals surface area contributed by atoms with Crippen LogP contribution in [0, 0.1) is 10.5 Å². The van der Waals surface area contributed by atoms with E-state index in [2.05, 4.69) is 63.0 Å². The van der Waals surface area contributed by atoms with Gasteiger partial charge in [0.05, 0.1) is 0 Å². The van der Waals surface area contributed by atoms with Crippen molar-refractivity contribution in [3.8, 4) is 0 Å². The first kappa shape index (κ1) is 8.97. The molecule has 0 atom stereocenters. The highest BCUT2D eigenvalue weighted by Gasteiger charge is 2.06. The molecule has 0 nitrogen and oxygen atoms in total. The van der Waals surface area contributed by atoms with E-state index in [1.807, 2.05) is 0 Å². The Kier molecular flexibility index (Phi) is 2.44. The van der Waals surface area contributed by atoms with Gasteiger partial charge in [0.1, 0.15) is 0 Å². The summed E-state index contributed by atoms with van der Waals surface area (Å²) in [5.74, 6) is 0. The standard InChI is InChI=1S/C9H6BrIS/c1-5-2-3-7(11)9-8(5)6(10)4-12-9/h2-4H,1H3. The Balaban J connectivity index is 2.98. The summed E-state index contributed by atoms with van der Waals surface area (Å²) >= 11 is 7.74. The first-order chi connectivity index (χ1) is 5.70. The predicted molar refractivity (Wildman–Crippen MR) is 67.0 cm³/mol. The third-order valence-electron chi connectivity index (χ3n) is 1.84. The molecule has 0 aliphatic carbocycles. The van der Waals surface area contributed by atoms with Crippen molar-refractivity contribution in [3.63, 3.8) is 0 Å². The van der Waals surface area contributed by atoms with Gasteiger partial charge in [-0.25, -0.2) is 0 Å². The van der Waals surface area contributed by atoms with E-state index in [1.165, 1.54) is 23.7 Å². The van der Waals surface area contributed by atoms with Gasteiger partial charge in [0.25, 0.3) is 0 Å². The monoisotopic (exact) mass is 352 g/mol. The highest BCUT2D eigenvalue weighted by Crippen LogP contribution is 2.35. The quantitative estimate of drug-likeness (QED) is 0.609. The van der Waals surface area contributed by atoms with Gasteiger partial charge in [-0.15, -0.1) is 11.3 Å². The molecule has 1 aromatic heterocycles. The van der Waals surface area contributed by atoms with E-state index < -0.39 is 0 Å². The molecule has 0 aliphatic rings. The van der Waals surface area contributed by atoms with Gasteiger partial charge in [0, 0.05) is 23.5 Å². The minimum Gasteiger partial charge on any atom is -0.141 e. The summed E-state index contributed by atoms with van der Waals surface area (Å²) in [7, 11) is 0. The van der Waals surface area contributed by atoms with Crippen LogP contribution >= 0.6 is 49.9 Å². The van der Waals surface area contributed by atoms with E-state index in [0.29, 0.717) is 0 Å². The zero-order valence-electron chi connectivity index (χ0n) is 6.40. The van der Waals surface area contributed by atoms with Gasteiger partial charge in [-0.1, -0.05) is 6.07 Å². The fourth-order valence-corrected chi connectivity index (χ4v) is 3.90. The average Bonchev–Trinajstić information content (AvgIpc) is 2.42. The number of hydrogen-bond donors (Lipinski definition) is 0. The fraction of sp³-hybridized carbons (Fsp3) is 0.111. The summed E-state index contributed by atoms with van der Waals surface area (Å²) in [6.07, 6.45) is 0. The molecule has 12 heavy (non-hydrogen) atoms. The van der Waals surface area contributed by atoms with E-state index in [-0.39, 0.29) is 0 Å². The van der Waals surface area contributed by atoms with Gasteiger partial charge in [-0.05, 0) is 57.1 Å². The first-order valence-electron chi connectivity index (χ1n) is 3.52. The molecule has 0 radical (unpaired) electrons. The van der Waals surface area contributed by atoms with Crippen LogP contribution in [0.25, 0.3) is 10.1 Å². The van der Waals surface area contributed by atoms with Crippen molar-refractivity contribution in [2.24, 2.45) is 0 Å². The van der Waals surface area contributed by atoms with Crippen LogP contribution in [0.4, 0.5) is 0 Å². The predicted octanol–water partition coefficient (Wildman–Crippen LogP) is 4.58. The van der Waals surface area contributed by atoms with E-state index in [1.54, 1.807) is 11.3 Å². The van der Waals surface area contributed by atoms with Crippen molar-refractivity contribution in [2.45, 2.75) is 6.92 Å².